The number of urea groups is 1. The molecule has 1 saturated heterocycles. The van der Waals surface area contributed by atoms with Crippen molar-refractivity contribution in [3.63, 3.8) is 0 Å². The summed E-state index contributed by atoms with van der Waals surface area (Å²) in [5, 5.41) is 3.19. The molecule has 0 unspecified atom stereocenters. The normalized spacial score (nSPS) is 24.2. The van der Waals surface area contributed by atoms with Crippen molar-refractivity contribution < 1.29 is 4.79 Å². The molecule has 0 aromatic carbocycles. The lowest BCUT2D eigenvalue weighted by Crippen LogP contribution is -2.43. The highest BCUT2D eigenvalue weighted by Gasteiger charge is 2.37. The molecule has 3 nitrogen and oxygen atoms in total. The quantitative estimate of drug-likeness (QED) is 0.805. The van der Waals surface area contributed by atoms with Crippen LogP contribution in [0.2, 0.25) is 0 Å². The van der Waals surface area contributed by atoms with Crippen molar-refractivity contribution in [1.29, 1.82) is 0 Å². The third kappa shape index (κ3) is 2.75. The Hall–Kier alpha value is -0.730. The number of nitrogens with zero attached hydrogens (tertiary/aromatic N) is 1. The zero-order chi connectivity index (χ0) is 12.3. The molecule has 0 atom stereocenters. The van der Waals surface area contributed by atoms with Crippen molar-refractivity contribution >= 4 is 6.03 Å². The van der Waals surface area contributed by atoms with Crippen LogP contribution in [0, 0.1) is 5.41 Å². The number of likely N-dealkylation sites (tertiary alicyclic amines) is 1. The molecule has 0 bridgehead atoms. The second kappa shape index (κ2) is 5.28. The molecule has 0 aromatic rings. The molecule has 0 spiro atoms. The number of rotatable bonds is 3. The summed E-state index contributed by atoms with van der Waals surface area (Å²) in [5.41, 5.74) is 0.396. The van der Waals surface area contributed by atoms with Crippen molar-refractivity contribution in [2.24, 2.45) is 5.41 Å². The zero-order valence-corrected chi connectivity index (χ0v) is 11.3. The van der Waals surface area contributed by atoms with E-state index in [1.807, 2.05) is 4.90 Å². The maximum absolute atomic E-state index is 12.1. The van der Waals surface area contributed by atoms with E-state index < -0.39 is 0 Å². The monoisotopic (exact) mass is 238 g/mol. The van der Waals surface area contributed by atoms with Crippen LogP contribution in [0.15, 0.2) is 0 Å². The van der Waals surface area contributed by atoms with Crippen LogP contribution in [0.3, 0.4) is 0 Å². The molecule has 2 rings (SSSR count). The maximum atomic E-state index is 12.1. The number of nitrogens with one attached hydrogen (secondary N) is 1. The minimum atomic E-state index is 0.181. The highest BCUT2D eigenvalue weighted by atomic mass is 16.2. The van der Waals surface area contributed by atoms with E-state index in [0.717, 1.165) is 13.1 Å². The van der Waals surface area contributed by atoms with E-state index in [1.54, 1.807) is 0 Å². The van der Waals surface area contributed by atoms with Gasteiger partial charge in [-0.25, -0.2) is 4.79 Å². The van der Waals surface area contributed by atoms with Gasteiger partial charge in [-0.1, -0.05) is 26.7 Å². The summed E-state index contributed by atoms with van der Waals surface area (Å²) in [4.78, 5) is 14.2. The SMILES string of the molecule is CCC1(CC)CCN(C(=O)NC2CCCC2)C1. The number of hydrogen-bond acceptors (Lipinski definition) is 1. The smallest absolute Gasteiger partial charge is 0.317 e. The van der Waals surface area contributed by atoms with Gasteiger partial charge in [0.15, 0.2) is 0 Å². The van der Waals surface area contributed by atoms with Crippen molar-refractivity contribution in [2.45, 2.75) is 64.8 Å². The first-order chi connectivity index (χ1) is 8.19. The Morgan fingerprint density at radius 2 is 1.94 bits per heavy atom. The third-order valence-corrected chi connectivity index (χ3v) is 4.91. The molecule has 1 aliphatic heterocycles. The molecule has 2 aliphatic rings. The molecule has 2 amide bonds. The summed E-state index contributed by atoms with van der Waals surface area (Å²) in [6, 6.07) is 0.626. The van der Waals surface area contributed by atoms with Crippen LogP contribution in [-0.2, 0) is 0 Å². The highest BCUT2D eigenvalue weighted by Crippen LogP contribution is 2.36. The summed E-state index contributed by atoms with van der Waals surface area (Å²) in [5.74, 6) is 0. The molecule has 1 N–H and O–H groups in total. The van der Waals surface area contributed by atoms with Gasteiger partial charge in [-0.15, -0.1) is 0 Å². The van der Waals surface area contributed by atoms with Crippen LogP contribution in [0.1, 0.15) is 58.8 Å². The van der Waals surface area contributed by atoms with Gasteiger partial charge in [0.1, 0.15) is 0 Å². The van der Waals surface area contributed by atoms with Gasteiger partial charge in [0.25, 0.3) is 0 Å². The first kappa shape index (κ1) is 12.7. The molecule has 0 aromatic heterocycles. The molecule has 1 heterocycles. The Bertz CT molecular complexity index is 267. The average molecular weight is 238 g/mol. The summed E-state index contributed by atoms with van der Waals surface area (Å²) >= 11 is 0. The molecule has 1 aliphatic carbocycles. The minimum absolute atomic E-state index is 0.181. The van der Waals surface area contributed by atoms with Gasteiger partial charge < -0.3 is 10.2 Å². The predicted molar refractivity (Wildman–Crippen MR) is 70.0 cm³/mol. The summed E-state index contributed by atoms with van der Waals surface area (Å²) in [7, 11) is 0. The fourth-order valence-electron chi connectivity index (χ4n) is 3.27. The summed E-state index contributed by atoms with van der Waals surface area (Å²) in [6.07, 6.45) is 8.46. The van der Waals surface area contributed by atoms with Gasteiger partial charge >= 0.3 is 6.03 Å². The Morgan fingerprint density at radius 1 is 1.29 bits per heavy atom. The predicted octanol–water partition coefficient (Wildman–Crippen LogP) is 3.15. The van der Waals surface area contributed by atoms with Gasteiger partial charge in [-0.05, 0) is 37.5 Å². The Kier molecular flexibility index (Phi) is 3.95. The Morgan fingerprint density at radius 3 is 2.47 bits per heavy atom. The second-order valence-electron chi connectivity index (χ2n) is 5.81. The van der Waals surface area contributed by atoms with E-state index in [9.17, 15) is 4.79 Å². The van der Waals surface area contributed by atoms with Crippen LogP contribution >= 0.6 is 0 Å². The van der Waals surface area contributed by atoms with Crippen molar-refractivity contribution in [3.05, 3.63) is 0 Å². The van der Waals surface area contributed by atoms with Crippen LogP contribution < -0.4 is 5.32 Å². The number of amides is 2. The maximum Gasteiger partial charge on any atom is 0.317 e. The number of hydrogen-bond donors (Lipinski definition) is 1. The first-order valence-electron chi connectivity index (χ1n) is 7.24. The third-order valence-electron chi connectivity index (χ3n) is 4.91. The van der Waals surface area contributed by atoms with Gasteiger partial charge in [0, 0.05) is 19.1 Å². The number of carbonyl (C=O) groups excluding carboxylic acids is 1. The second-order valence-corrected chi connectivity index (χ2v) is 5.81. The van der Waals surface area contributed by atoms with Gasteiger partial charge in [-0.3, -0.25) is 0 Å². The van der Waals surface area contributed by atoms with Crippen LogP contribution in [0.4, 0.5) is 4.79 Å². The van der Waals surface area contributed by atoms with E-state index >= 15 is 0 Å². The summed E-state index contributed by atoms with van der Waals surface area (Å²) in [6.45, 7) is 6.41. The van der Waals surface area contributed by atoms with Crippen molar-refractivity contribution in [3.8, 4) is 0 Å². The molecular formula is C14H26N2O. The molecule has 1 saturated carbocycles. The van der Waals surface area contributed by atoms with E-state index in [4.69, 9.17) is 0 Å². The lowest BCUT2D eigenvalue weighted by Gasteiger charge is -2.27. The average Bonchev–Trinajstić information content (AvgIpc) is 2.97. The fourth-order valence-corrected chi connectivity index (χ4v) is 3.27. The molecule has 2 fully saturated rings. The van der Waals surface area contributed by atoms with Crippen LogP contribution in [0.5, 0.6) is 0 Å². The van der Waals surface area contributed by atoms with Crippen LogP contribution in [0.25, 0.3) is 0 Å². The fraction of sp³-hybridized carbons (Fsp3) is 0.929. The van der Waals surface area contributed by atoms with Crippen molar-refractivity contribution in [2.75, 3.05) is 13.1 Å². The standard InChI is InChI=1S/C14H26N2O/c1-3-14(4-2)9-10-16(11-14)13(17)15-12-7-5-6-8-12/h12H,3-11H2,1-2H3,(H,15,17). The van der Waals surface area contributed by atoms with Crippen molar-refractivity contribution in [1.82, 2.24) is 10.2 Å². The molecule has 3 heteroatoms. The lowest BCUT2D eigenvalue weighted by atomic mass is 9.82. The first-order valence-corrected chi connectivity index (χ1v) is 7.24. The van der Waals surface area contributed by atoms with Crippen LogP contribution in [-0.4, -0.2) is 30.1 Å². The zero-order valence-electron chi connectivity index (χ0n) is 11.3. The van der Waals surface area contributed by atoms with Gasteiger partial charge in [0.05, 0.1) is 0 Å². The molecule has 98 valence electrons. The van der Waals surface area contributed by atoms with E-state index in [-0.39, 0.29) is 6.03 Å². The topological polar surface area (TPSA) is 32.3 Å². The molecule has 0 radical (unpaired) electrons. The van der Waals surface area contributed by atoms with E-state index in [2.05, 4.69) is 19.2 Å². The minimum Gasteiger partial charge on any atom is -0.335 e. The number of carbonyl (C=O) groups is 1. The highest BCUT2D eigenvalue weighted by molar-refractivity contribution is 5.75. The summed E-state index contributed by atoms with van der Waals surface area (Å²) < 4.78 is 0. The molecule has 17 heavy (non-hydrogen) atoms. The molecular weight excluding hydrogens is 212 g/mol. The van der Waals surface area contributed by atoms with E-state index in [0.29, 0.717) is 11.5 Å². The van der Waals surface area contributed by atoms with Gasteiger partial charge in [0.2, 0.25) is 0 Å². The largest absolute Gasteiger partial charge is 0.335 e. The van der Waals surface area contributed by atoms with Gasteiger partial charge in [-0.2, -0.15) is 0 Å². The Balaban J connectivity index is 1.84. The van der Waals surface area contributed by atoms with E-state index in [1.165, 1.54) is 44.9 Å². The Labute approximate surface area is 105 Å². The lowest BCUT2D eigenvalue weighted by molar-refractivity contribution is 0.193.